The van der Waals surface area contributed by atoms with E-state index in [2.05, 4.69) is 32.5 Å². The molecule has 2 heterocycles. The summed E-state index contributed by atoms with van der Waals surface area (Å²) in [6.07, 6.45) is 4.44. The van der Waals surface area contributed by atoms with E-state index in [1.54, 1.807) is 0 Å². The van der Waals surface area contributed by atoms with E-state index in [0.29, 0.717) is 12.3 Å². The van der Waals surface area contributed by atoms with Gasteiger partial charge in [-0.3, -0.25) is 0 Å². The van der Waals surface area contributed by atoms with Gasteiger partial charge in [0.25, 0.3) is 5.95 Å². The maximum Gasteiger partial charge on any atom is 0.266 e. The number of hydrogen-bond donors (Lipinski definition) is 1. The molecule has 1 atom stereocenters. The molecule has 1 N–H and O–H groups in total. The summed E-state index contributed by atoms with van der Waals surface area (Å²) in [5.41, 5.74) is 1.23. The molecule has 1 unspecified atom stereocenters. The largest absolute Gasteiger partial charge is 0.338 e. The van der Waals surface area contributed by atoms with Crippen LogP contribution < -0.4 is 10.2 Å². The molecular weight excluding hydrogens is 264 g/mol. The summed E-state index contributed by atoms with van der Waals surface area (Å²) in [5.74, 6) is 1.44. The third-order valence-corrected chi connectivity index (χ3v) is 4.03. The van der Waals surface area contributed by atoms with E-state index >= 15 is 0 Å². The zero-order valence-corrected chi connectivity index (χ0v) is 12.5. The quantitative estimate of drug-likeness (QED) is 0.915. The zero-order valence-electron chi connectivity index (χ0n) is 12.5. The second-order valence-electron chi connectivity index (χ2n) is 5.49. The van der Waals surface area contributed by atoms with Crippen LogP contribution in [0.5, 0.6) is 0 Å². The van der Waals surface area contributed by atoms with Crippen molar-refractivity contribution in [1.29, 1.82) is 0 Å². The van der Waals surface area contributed by atoms with Crippen molar-refractivity contribution in [3.05, 3.63) is 41.8 Å². The summed E-state index contributed by atoms with van der Waals surface area (Å²) in [6, 6.07) is 10.5. The normalized spacial score (nSPS) is 16.9. The fourth-order valence-electron chi connectivity index (χ4n) is 2.80. The Morgan fingerprint density at radius 3 is 2.67 bits per heavy atom. The first-order valence-corrected chi connectivity index (χ1v) is 7.66. The molecule has 0 amide bonds. The van der Waals surface area contributed by atoms with Crippen molar-refractivity contribution < 1.29 is 4.52 Å². The Kier molecular flexibility index (Phi) is 4.50. The first-order chi connectivity index (χ1) is 10.4. The van der Waals surface area contributed by atoms with Crippen molar-refractivity contribution in [2.75, 3.05) is 25.0 Å². The van der Waals surface area contributed by atoms with E-state index in [1.807, 2.05) is 25.2 Å². The van der Waals surface area contributed by atoms with Gasteiger partial charge in [0.2, 0.25) is 5.89 Å². The third kappa shape index (κ3) is 3.42. The SMILES string of the molecule is CNC(Cc1nc(N2CCCCC2)no1)c1ccccc1. The van der Waals surface area contributed by atoms with Gasteiger partial charge in [0.1, 0.15) is 0 Å². The van der Waals surface area contributed by atoms with Gasteiger partial charge in [-0.05, 0) is 37.0 Å². The van der Waals surface area contributed by atoms with E-state index in [0.717, 1.165) is 19.0 Å². The molecule has 1 aromatic heterocycles. The fraction of sp³-hybridized carbons (Fsp3) is 0.500. The number of hydrogen-bond acceptors (Lipinski definition) is 5. The van der Waals surface area contributed by atoms with Crippen molar-refractivity contribution in [2.24, 2.45) is 0 Å². The molecule has 0 bridgehead atoms. The van der Waals surface area contributed by atoms with Crippen molar-refractivity contribution in [2.45, 2.75) is 31.7 Å². The second kappa shape index (κ2) is 6.72. The number of anilines is 1. The molecule has 0 aliphatic carbocycles. The van der Waals surface area contributed by atoms with Crippen molar-refractivity contribution in [1.82, 2.24) is 15.5 Å². The summed E-state index contributed by atoms with van der Waals surface area (Å²) in [4.78, 5) is 6.77. The van der Waals surface area contributed by atoms with Gasteiger partial charge in [-0.25, -0.2) is 0 Å². The highest BCUT2D eigenvalue weighted by Crippen LogP contribution is 2.20. The molecule has 3 rings (SSSR count). The second-order valence-corrected chi connectivity index (χ2v) is 5.49. The number of piperidine rings is 1. The monoisotopic (exact) mass is 286 g/mol. The fourth-order valence-corrected chi connectivity index (χ4v) is 2.80. The predicted octanol–water partition coefficient (Wildman–Crippen LogP) is 2.56. The molecule has 5 nitrogen and oxygen atoms in total. The lowest BCUT2D eigenvalue weighted by molar-refractivity contribution is 0.361. The smallest absolute Gasteiger partial charge is 0.266 e. The van der Waals surface area contributed by atoms with Crippen LogP contribution in [0.1, 0.15) is 36.8 Å². The molecule has 112 valence electrons. The molecule has 1 fully saturated rings. The molecule has 5 heteroatoms. The van der Waals surface area contributed by atoms with E-state index in [1.165, 1.54) is 24.8 Å². The van der Waals surface area contributed by atoms with Crippen LogP contribution in [0.25, 0.3) is 0 Å². The van der Waals surface area contributed by atoms with Crippen LogP contribution in [0.2, 0.25) is 0 Å². The van der Waals surface area contributed by atoms with Gasteiger partial charge in [0.15, 0.2) is 0 Å². The third-order valence-electron chi connectivity index (χ3n) is 4.03. The molecule has 0 spiro atoms. The molecule has 0 radical (unpaired) electrons. The van der Waals surface area contributed by atoms with Crippen LogP contribution in [-0.4, -0.2) is 30.3 Å². The van der Waals surface area contributed by atoms with E-state index in [-0.39, 0.29) is 6.04 Å². The highest BCUT2D eigenvalue weighted by atomic mass is 16.5. The minimum atomic E-state index is 0.195. The van der Waals surface area contributed by atoms with Gasteiger partial charge in [-0.15, -0.1) is 0 Å². The average Bonchev–Trinajstić information content (AvgIpc) is 3.03. The van der Waals surface area contributed by atoms with Crippen molar-refractivity contribution >= 4 is 5.95 Å². The standard InChI is InChI=1S/C16H22N4O/c1-17-14(13-8-4-2-5-9-13)12-15-18-16(19-21-15)20-10-6-3-7-11-20/h2,4-5,8-9,14,17H,3,6-7,10-12H2,1H3. The molecule has 1 aliphatic rings. The van der Waals surface area contributed by atoms with Crippen LogP contribution >= 0.6 is 0 Å². The van der Waals surface area contributed by atoms with Crippen LogP contribution in [0.3, 0.4) is 0 Å². The van der Waals surface area contributed by atoms with E-state index in [4.69, 9.17) is 4.52 Å². The first-order valence-electron chi connectivity index (χ1n) is 7.66. The maximum atomic E-state index is 5.43. The Bertz CT molecular complexity index is 548. The van der Waals surface area contributed by atoms with Gasteiger partial charge >= 0.3 is 0 Å². The topological polar surface area (TPSA) is 54.2 Å². The lowest BCUT2D eigenvalue weighted by Crippen LogP contribution is -2.30. The number of nitrogens with one attached hydrogen (secondary N) is 1. The molecule has 0 saturated carbocycles. The summed E-state index contributed by atoms with van der Waals surface area (Å²) >= 11 is 0. The Labute approximate surface area is 125 Å². The highest BCUT2D eigenvalue weighted by molar-refractivity contribution is 5.28. The predicted molar refractivity (Wildman–Crippen MR) is 82.3 cm³/mol. The van der Waals surface area contributed by atoms with Gasteiger partial charge in [-0.2, -0.15) is 4.98 Å². The van der Waals surface area contributed by atoms with Gasteiger partial charge in [0.05, 0.1) is 0 Å². The molecule has 1 aliphatic heterocycles. The number of aromatic nitrogens is 2. The lowest BCUT2D eigenvalue weighted by atomic mass is 10.0. The van der Waals surface area contributed by atoms with Crippen molar-refractivity contribution in [3.8, 4) is 0 Å². The average molecular weight is 286 g/mol. The lowest BCUT2D eigenvalue weighted by Gasteiger charge is -2.24. The number of benzene rings is 1. The van der Waals surface area contributed by atoms with Gasteiger partial charge in [-0.1, -0.05) is 30.3 Å². The molecule has 1 aromatic carbocycles. The van der Waals surface area contributed by atoms with Crippen LogP contribution in [0.15, 0.2) is 34.9 Å². The Morgan fingerprint density at radius 1 is 1.19 bits per heavy atom. The Morgan fingerprint density at radius 2 is 1.95 bits per heavy atom. The number of rotatable bonds is 5. The summed E-state index contributed by atoms with van der Waals surface area (Å²) in [5, 5.41) is 7.45. The van der Waals surface area contributed by atoms with Crippen LogP contribution in [-0.2, 0) is 6.42 Å². The molecular formula is C16H22N4O. The summed E-state index contributed by atoms with van der Waals surface area (Å²) in [6.45, 7) is 2.07. The van der Waals surface area contributed by atoms with Gasteiger partial charge < -0.3 is 14.7 Å². The minimum Gasteiger partial charge on any atom is -0.338 e. The Balaban J connectivity index is 1.68. The van der Waals surface area contributed by atoms with Crippen molar-refractivity contribution in [3.63, 3.8) is 0 Å². The number of nitrogens with zero attached hydrogens (tertiary/aromatic N) is 3. The van der Waals surface area contributed by atoms with Crippen LogP contribution in [0, 0.1) is 0 Å². The first kappa shape index (κ1) is 14.1. The van der Waals surface area contributed by atoms with Crippen LogP contribution in [0.4, 0.5) is 5.95 Å². The van der Waals surface area contributed by atoms with E-state index in [9.17, 15) is 0 Å². The Hall–Kier alpha value is -1.88. The molecule has 2 aromatic rings. The minimum absolute atomic E-state index is 0.195. The highest BCUT2D eigenvalue weighted by Gasteiger charge is 2.19. The van der Waals surface area contributed by atoms with E-state index < -0.39 is 0 Å². The molecule has 21 heavy (non-hydrogen) atoms. The maximum absolute atomic E-state index is 5.43. The van der Waals surface area contributed by atoms with Gasteiger partial charge in [0, 0.05) is 25.6 Å². The zero-order chi connectivity index (χ0) is 14.5. The summed E-state index contributed by atoms with van der Waals surface area (Å²) in [7, 11) is 1.96. The summed E-state index contributed by atoms with van der Waals surface area (Å²) < 4.78 is 5.43. The number of likely N-dealkylation sites (N-methyl/N-ethyl adjacent to an activating group) is 1. The molecule has 1 saturated heterocycles.